The van der Waals surface area contributed by atoms with Gasteiger partial charge in [-0.05, 0) is 61.6 Å². The molecule has 0 radical (unpaired) electrons. The first-order valence-corrected chi connectivity index (χ1v) is 12.9. The van der Waals surface area contributed by atoms with Crippen molar-refractivity contribution in [2.45, 2.75) is 40.0 Å². The molecule has 2 N–H and O–H groups in total. The molecule has 2 aliphatic heterocycles. The van der Waals surface area contributed by atoms with Crippen molar-refractivity contribution in [2.24, 2.45) is 5.92 Å². The Balaban J connectivity index is 1.47. The molecule has 0 saturated carbocycles. The Morgan fingerprint density at radius 2 is 1.53 bits per heavy atom. The molecule has 0 aromatic heterocycles. The lowest BCUT2D eigenvalue weighted by Gasteiger charge is -2.37. The molecule has 2 saturated heterocycles. The number of nitrogens with zero attached hydrogens (tertiary/aromatic N) is 3. The van der Waals surface area contributed by atoms with Gasteiger partial charge in [-0.15, -0.1) is 0 Å². The Kier molecular flexibility index (Phi) is 8.13. The van der Waals surface area contributed by atoms with Crippen molar-refractivity contribution in [2.75, 3.05) is 54.8 Å². The number of anilines is 3. The summed E-state index contributed by atoms with van der Waals surface area (Å²) in [7, 11) is 0. The summed E-state index contributed by atoms with van der Waals surface area (Å²) >= 11 is 0. The van der Waals surface area contributed by atoms with Crippen LogP contribution in [0, 0.1) is 12.8 Å². The van der Waals surface area contributed by atoms with Gasteiger partial charge in [-0.3, -0.25) is 9.59 Å². The molecule has 8 nitrogen and oxygen atoms in total. The van der Waals surface area contributed by atoms with Crippen molar-refractivity contribution in [3.63, 3.8) is 0 Å². The second-order valence-corrected chi connectivity index (χ2v) is 10.2. The number of carbonyl (C=O) groups excluding carboxylic acids is 3. The number of rotatable bonds is 6. The summed E-state index contributed by atoms with van der Waals surface area (Å²) < 4.78 is 0. The molecule has 2 aromatic carbocycles. The molecule has 192 valence electrons. The van der Waals surface area contributed by atoms with Gasteiger partial charge in [-0.2, -0.15) is 0 Å². The highest BCUT2D eigenvalue weighted by atomic mass is 16.2. The lowest BCUT2D eigenvalue weighted by molar-refractivity contribution is -0.116. The first kappa shape index (κ1) is 25.5. The van der Waals surface area contributed by atoms with Gasteiger partial charge in [-0.25, -0.2) is 4.79 Å². The SMILES string of the molecule is Cc1cccc(NC(=O)N2CCN(c3ccc(NC(=O)CC(C)C)cc3C(=O)N3CCCC3)CC2)c1. The van der Waals surface area contributed by atoms with Gasteiger partial charge in [0, 0.05) is 62.8 Å². The molecule has 0 aliphatic carbocycles. The first-order valence-electron chi connectivity index (χ1n) is 12.9. The summed E-state index contributed by atoms with van der Waals surface area (Å²) in [6.07, 6.45) is 2.46. The maximum atomic E-state index is 13.4. The standard InChI is InChI=1S/C28H37N5O3/c1-20(2)17-26(34)29-23-9-10-25(24(19-23)27(35)32-11-4-5-12-32)31-13-15-33(16-14-31)28(36)30-22-8-6-7-21(3)18-22/h6-10,18-20H,4-5,11-17H2,1-3H3,(H,29,34)(H,30,36). The van der Waals surface area contributed by atoms with Gasteiger partial charge in [0.25, 0.3) is 5.91 Å². The van der Waals surface area contributed by atoms with Gasteiger partial charge in [0.1, 0.15) is 0 Å². The minimum Gasteiger partial charge on any atom is -0.367 e. The summed E-state index contributed by atoms with van der Waals surface area (Å²) in [4.78, 5) is 44.4. The van der Waals surface area contributed by atoms with E-state index in [-0.39, 0.29) is 23.8 Å². The topological polar surface area (TPSA) is 85.0 Å². The molecule has 4 rings (SSSR count). The lowest BCUT2D eigenvalue weighted by atomic mass is 10.1. The van der Waals surface area contributed by atoms with Crippen molar-refractivity contribution in [1.82, 2.24) is 9.80 Å². The number of benzene rings is 2. The number of likely N-dealkylation sites (tertiary alicyclic amines) is 1. The van der Waals surface area contributed by atoms with E-state index in [1.807, 2.05) is 68.1 Å². The maximum absolute atomic E-state index is 13.4. The molecule has 0 bridgehead atoms. The predicted molar refractivity (Wildman–Crippen MR) is 144 cm³/mol. The van der Waals surface area contributed by atoms with E-state index in [1.165, 1.54) is 0 Å². The van der Waals surface area contributed by atoms with E-state index in [0.717, 1.165) is 42.9 Å². The Labute approximate surface area is 213 Å². The summed E-state index contributed by atoms with van der Waals surface area (Å²) in [5, 5.41) is 5.93. The highest BCUT2D eigenvalue weighted by Gasteiger charge is 2.27. The second kappa shape index (κ2) is 11.5. The minimum atomic E-state index is -0.114. The smallest absolute Gasteiger partial charge is 0.321 e. The number of carbonyl (C=O) groups is 3. The molecule has 36 heavy (non-hydrogen) atoms. The molecule has 8 heteroatoms. The fraction of sp³-hybridized carbons (Fsp3) is 0.464. The Bertz CT molecular complexity index is 1100. The third-order valence-corrected chi connectivity index (χ3v) is 6.67. The van der Waals surface area contributed by atoms with E-state index in [0.29, 0.717) is 43.9 Å². The van der Waals surface area contributed by atoms with Gasteiger partial charge in [0.2, 0.25) is 5.91 Å². The van der Waals surface area contributed by atoms with Crippen LogP contribution in [0.3, 0.4) is 0 Å². The van der Waals surface area contributed by atoms with Crippen LogP contribution in [0.5, 0.6) is 0 Å². The van der Waals surface area contributed by atoms with Crippen molar-refractivity contribution >= 4 is 34.9 Å². The van der Waals surface area contributed by atoms with E-state index in [9.17, 15) is 14.4 Å². The summed E-state index contributed by atoms with van der Waals surface area (Å²) in [5.41, 5.74) is 3.99. The third kappa shape index (κ3) is 6.36. The number of aryl methyl sites for hydroxylation is 1. The number of amides is 4. The molecular formula is C28H37N5O3. The predicted octanol–water partition coefficient (Wildman–Crippen LogP) is 4.57. The van der Waals surface area contributed by atoms with E-state index >= 15 is 0 Å². The maximum Gasteiger partial charge on any atom is 0.321 e. The Morgan fingerprint density at radius 3 is 2.19 bits per heavy atom. The molecule has 0 atom stereocenters. The van der Waals surface area contributed by atoms with Crippen LogP contribution in [0.15, 0.2) is 42.5 Å². The zero-order valence-corrected chi connectivity index (χ0v) is 21.5. The molecule has 2 aromatic rings. The molecule has 4 amide bonds. The van der Waals surface area contributed by atoms with Crippen LogP contribution in [0.4, 0.5) is 21.9 Å². The van der Waals surface area contributed by atoms with Crippen molar-refractivity contribution in [3.8, 4) is 0 Å². The van der Waals surface area contributed by atoms with E-state index in [1.54, 1.807) is 4.90 Å². The minimum absolute atomic E-state index is 0.00192. The average molecular weight is 492 g/mol. The van der Waals surface area contributed by atoms with Gasteiger partial charge < -0.3 is 25.3 Å². The number of piperazine rings is 1. The highest BCUT2D eigenvalue weighted by molar-refractivity contribution is 6.02. The quantitative estimate of drug-likeness (QED) is 0.620. The first-order chi connectivity index (χ1) is 17.3. The summed E-state index contributed by atoms with van der Waals surface area (Å²) in [6, 6.07) is 13.3. The molecule has 0 unspecified atom stereocenters. The Hall–Kier alpha value is -3.55. The van der Waals surface area contributed by atoms with Crippen LogP contribution in [0.2, 0.25) is 0 Å². The normalized spacial score (nSPS) is 15.8. The van der Waals surface area contributed by atoms with Gasteiger partial charge in [0.05, 0.1) is 5.56 Å². The summed E-state index contributed by atoms with van der Waals surface area (Å²) in [6.45, 7) is 9.89. The van der Waals surface area contributed by atoms with Crippen LogP contribution >= 0.6 is 0 Å². The zero-order chi connectivity index (χ0) is 25.7. The van der Waals surface area contributed by atoms with Crippen LogP contribution in [-0.2, 0) is 4.79 Å². The molecule has 2 fully saturated rings. The average Bonchev–Trinajstić information content (AvgIpc) is 3.38. The van der Waals surface area contributed by atoms with Gasteiger partial charge in [0.15, 0.2) is 0 Å². The van der Waals surface area contributed by atoms with Gasteiger partial charge >= 0.3 is 6.03 Å². The van der Waals surface area contributed by atoms with Crippen LogP contribution in [0.25, 0.3) is 0 Å². The third-order valence-electron chi connectivity index (χ3n) is 6.67. The molecular weight excluding hydrogens is 454 g/mol. The Morgan fingerprint density at radius 1 is 0.833 bits per heavy atom. The monoisotopic (exact) mass is 491 g/mol. The van der Waals surface area contributed by atoms with Gasteiger partial charge in [-0.1, -0.05) is 26.0 Å². The molecule has 0 spiro atoms. The van der Waals surface area contributed by atoms with E-state index in [4.69, 9.17) is 0 Å². The van der Waals surface area contributed by atoms with Crippen LogP contribution in [-0.4, -0.2) is 66.9 Å². The molecule has 2 heterocycles. The van der Waals surface area contributed by atoms with Crippen LogP contribution < -0.4 is 15.5 Å². The highest BCUT2D eigenvalue weighted by Crippen LogP contribution is 2.28. The second-order valence-electron chi connectivity index (χ2n) is 10.2. The number of nitrogens with one attached hydrogen (secondary N) is 2. The van der Waals surface area contributed by atoms with Crippen molar-refractivity contribution in [3.05, 3.63) is 53.6 Å². The fourth-order valence-corrected chi connectivity index (χ4v) is 4.81. The molecule has 2 aliphatic rings. The van der Waals surface area contributed by atoms with E-state index in [2.05, 4.69) is 15.5 Å². The van der Waals surface area contributed by atoms with Crippen LogP contribution in [0.1, 0.15) is 49.0 Å². The number of hydrogen-bond donors (Lipinski definition) is 2. The number of urea groups is 1. The fourth-order valence-electron chi connectivity index (χ4n) is 4.81. The van der Waals surface area contributed by atoms with Crippen molar-refractivity contribution in [1.29, 1.82) is 0 Å². The summed E-state index contributed by atoms with van der Waals surface area (Å²) in [5.74, 6) is 0.210. The number of hydrogen-bond acceptors (Lipinski definition) is 4. The van der Waals surface area contributed by atoms with E-state index < -0.39 is 0 Å². The largest absolute Gasteiger partial charge is 0.367 e. The zero-order valence-electron chi connectivity index (χ0n) is 21.5. The van der Waals surface area contributed by atoms with Crippen molar-refractivity contribution < 1.29 is 14.4 Å². The lowest BCUT2D eigenvalue weighted by Crippen LogP contribution is -2.50.